The Bertz CT molecular complexity index is 1960. The predicted octanol–water partition coefficient (Wildman–Crippen LogP) is 11.3. The molecule has 1 unspecified atom stereocenters. The first kappa shape index (κ1) is 25.8. The van der Waals surface area contributed by atoms with E-state index in [9.17, 15) is 0 Å². The minimum Gasteiger partial charge on any atom is -0.368 e. The summed E-state index contributed by atoms with van der Waals surface area (Å²) in [4.78, 5) is 8.49. The van der Waals surface area contributed by atoms with E-state index in [2.05, 4.69) is 156 Å². The standard InChI is InChI=1S/C38H27N3S2/c1-2-8-26(9-3-1)27-14-20-30(21-15-27)41(31-22-16-28(17-23-31)37-39-33-10-4-6-12-35(33)42-37)32-24-18-29(19-25-32)38-40-34-11-5-7-13-36(34)43-38/h1-25,37,39H. The van der Waals surface area contributed by atoms with E-state index in [1.54, 1.807) is 11.3 Å². The molecule has 0 saturated carbocycles. The average molecular weight is 590 g/mol. The second-order valence-electron chi connectivity index (χ2n) is 10.5. The van der Waals surface area contributed by atoms with Crippen LogP contribution in [0.25, 0.3) is 31.9 Å². The maximum Gasteiger partial charge on any atom is 0.124 e. The van der Waals surface area contributed by atoms with E-state index in [4.69, 9.17) is 4.98 Å². The van der Waals surface area contributed by atoms with Crippen molar-refractivity contribution in [3.63, 3.8) is 0 Å². The number of aromatic nitrogens is 1. The molecule has 1 atom stereocenters. The predicted molar refractivity (Wildman–Crippen MR) is 184 cm³/mol. The Hall–Kier alpha value is -4.84. The Morgan fingerprint density at radius 3 is 1.81 bits per heavy atom. The molecule has 5 heteroatoms. The molecular weight excluding hydrogens is 563 g/mol. The maximum atomic E-state index is 4.87. The number of anilines is 4. The maximum absolute atomic E-state index is 4.87. The molecule has 43 heavy (non-hydrogen) atoms. The van der Waals surface area contributed by atoms with Gasteiger partial charge in [0.25, 0.3) is 0 Å². The average Bonchev–Trinajstić information content (AvgIpc) is 3.71. The van der Waals surface area contributed by atoms with Crippen molar-refractivity contribution in [2.24, 2.45) is 0 Å². The molecule has 7 aromatic rings. The van der Waals surface area contributed by atoms with Crippen LogP contribution in [0.4, 0.5) is 22.7 Å². The number of thioether (sulfide) groups is 1. The summed E-state index contributed by atoms with van der Waals surface area (Å²) < 4.78 is 1.21. The Morgan fingerprint density at radius 2 is 1.12 bits per heavy atom. The van der Waals surface area contributed by atoms with Crippen molar-refractivity contribution in [3.05, 3.63) is 157 Å². The van der Waals surface area contributed by atoms with Crippen LogP contribution in [0.15, 0.2) is 157 Å². The van der Waals surface area contributed by atoms with Crippen molar-refractivity contribution < 1.29 is 0 Å². The van der Waals surface area contributed by atoms with Crippen LogP contribution >= 0.6 is 23.1 Å². The lowest BCUT2D eigenvalue weighted by atomic mass is 10.0. The van der Waals surface area contributed by atoms with Crippen LogP contribution in [0.5, 0.6) is 0 Å². The summed E-state index contributed by atoms with van der Waals surface area (Å²) in [6.07, 6.45) is 0. The SMILES string of the molecule is c1ccc(-c2ccc(N(c3ccc(-c4nc5ccccc5s4)cc3)c3ccc(C4Nc5ccccc5S4)cc3)cc2)cc1. The molecule has 0 saturated heterocycles. The first-order chi connectivity index (χ1) is 21.3. The molecule has 0 fully saturated rings. The smallest absolute Gasteiger partial charge is 0.124 e. The van der Waals surface area contributed by atoms with Crippen LogP contribution in [0.2, 0.25) is 0 Å². The van der Waals surface area contributed by atoms with Crippen LogP contribution in [0.1, 0.15) is 10.9 Å². The van der Waals surface area contributed by atoms with Crippen molar-refractivity contribution in [2.45, 2.75) is 10.3 Å². The summed E-state index contributed by atoms with van der Waals surface area (Å²) in [5.41, 5.74) is 10.4. The molecule has 2 heterocycles. The van der Waals surface area contributed by atoms with Gasteiger partial charge in [-0.05, 0) is 89.5 Å². The van der Waals surface area contributed by atoms with Gasteiger partial charge in [-0.25, -0.2) is 4.98 Å². The van der Waals surface area contributed by atoms with Gasteiger partial charge in [0.2, 0.25) is 0 Å². The highest BCUT2D eigenvalue weighted by Gasteiger charge is 2.23. The van der Waals surface area contributed by atoms with E-state index >= 15 is 0 Å². The Balaban J connectivity index is 1.14. The Morgan fingerprint density at radius 1 is 0.535 bits per heavy atom. The molecule has 6 aromatic carbocycles. The molecule has 0 bridgehead atoms. The highest BCUT2D eigenvalue weighted by molar-refractivity contribution is 8.00. The van der Waals surface area contributed by atoms with Crippen molar-refractivity contribution in [1.82, 2.24) is 4.98 Å². The van der Waals surface area contributed by atoms with E-state index in [1.165, 1.54) is 32.0 Å². The molecule has 1 aliphatic heterocycles. The number of nitrogens with zero attached hydrogens (tertiary/aromatic N) is 2. The fourth-order valence-corrected chi connectivity index (χ4v) is 7.68. The number of rotatable bonds is 6. The number of hydrogen-bond donors (Lipinski definition) is 1. The zero-order chi connectivity index (χ0) is 28.6. The van der Waals surface area contributed by atoms with Crippen molar-refractivity contribution in [1.29, 1.82) is 0 Å². The van der Waals surface area contributed by atoms with E-state index in [1.807, 2.05) is 17.8 Å². The van der Waals surface area contributed by atoms with Gasteiger partial charge in [-0.2, -0.15) is 0 Å². The molecule has 1 aliphatic rings. The largest absolute Gasteiger partial charge is 0.368 e. The van der Waals surface area contributed by atoms with E-state index in [-0.39, 0.29) is 5.37 Å². The second-order valence-corrected chi connectivity index (χ2v) is 12.7. The third-order valence-electron chi connectivity index (χ3n) is 7.77. The highest BCUT2D eigenvalue weighted by Crippen LogP contribution is 2.47. The molecule has 0 aliphatic carbocycles. The third kappa shape index (κ3) is 5.07. The first-order valence-electron chi connectivity index (χ1n) is 14.3. The third-order valence-corrected chi connectivity index (χ3v) is 10.1. The van der Waals surface area contributed by atoms with Gasteiger partial charge in [-0.3, -0.25) is 0 Å². The van der Waals surface area contributed by atoms with Gasteiger partial charge in [0.05, 0.1) is 10.2 Å². The molecule has 0 spiro atoms. The summed E-state index contributed by atoms with van der Waals surface area (Å²) in [6.45, 7) is 0. The Kier molecular flexibility index (Phi) is 6.67. The highest BCUT2D eigenvalue weighted by atomic mass is 32.2. The van der Waals surface area contributed by atoms with E-state index in [0.717, 1.165) is 33.1 Å². The molecule has 1 N–H and O–H groups in total. The molecule has 0 amide bonds. The van der Waals surface area contributed by atoms with Crippen LogP contribution in [-0.2, 0) is 0 Å². The lowest BCUT2D eigenvalue weighted by molar-refractivity contribution is 1.13. The van der Waals surface area contributed by atoms with Gasteiger partial charge in [0, 0.05) is 33.2 Å². The number of fused-ring (bicyclic) bond motifs is 2. The van der Waals surface area contributed by atoms with E-state index < -0.39 is 0 Å². The fourth-order valence-electron chi connectivity index (χ4n) is 5.57. The number of thiazole rings is 1. The minimum absolute atomic E-state index is 0.207. The number of benzene rings is 6. The quantitative estimate of drug-likeness (QED) is 0.209. The number of nitrogens with one attached hydrogen (secondary N) is 1. The van der Waals surface area contributed by atoms with Crippen LogP contribution in [0, 0.1) is 0 Å². The molecule has 1 aromatic heterocycles. The molecule has 3 nitrogen and oxygen atoms in total. The lowest BCUT2D eigenvalue weighted by Crippen LogP contribution is -2.10. The minimum atomic E-state index is 0.207. The summed E-state index contributed by atoms with van der Waals surface area (Å²) in [5.74, 6) is 0. The van der Waals surface area contributed by atoms with Gasteiger partial charge >= 0.3 is 0 Å². The zero-order valence-electron chi connectivity index (χ0n) is 23.2. The molecular formula is C38H27N3S2. The normalized spacial score (nSPS) is 13.9. The molecule has 0 radical (unpaired) electrons. The van der Waals surface area contributed by atoms with Crippen molar-refractivity contribution in [3.8, 4) is 21.7 Å². The molecule has 206 valence electrons. The topological polar surface area (TPSA) is 28.2 Å². The summed E-state index contributed by atoms with van der Waals surface area (Å²) in [5, 5.41) is 4.91. The van der Waals surface area contributed by atoms with Gasteiger partial charge in [-0.1, -0.05) is 90.6 Å². The van der Waals surface area contributed by atoms with Crippen molar-refractivity contribution >= 4 is 56.1 Å². The monoisotopic (exact) mass is 589 g/mol. The summed E-state index contributed by atoms with van der Waals surface area (Å²) in [7, 11) is 0. The lowest BCUT2D eigenvalue weighted by Gasteiger charge is -2.26. The second kappa shape index (κ2) is 11.1. The van der Waals surface area contributed by atoms with E-state index in [0.29, 0.717) is 0 Å². The van der Waals surface area contributed by atoms with Crippen LogP contribution in [0.3, 0.4) is 0 Å². The van der Waals surface area contributed by atoms with Gasteiger partial charge in [0.1, 0.15) is 10.4 Å². The summed E-state index contributed by atoms with van der Waals surface area (Å²) >= 11 is 3.60. The zero-order valence-corrected chi connectivity index (χ0v) is 24.9. The molecule has 8 rings (SSSR count). The van der Waals surface area contributed by atoms with Crippen LogP contribution < -0.4 is 10.2 Å². The fraction of sp³-hybridized carbons (Fsp3) is 0.0263. The van der Waals surface area contributed by atoms with Crippen molar-refractivity contribution in [2.75, 3.05) is 10.2 Å². The number of para-hydroxylation sites is 2. The number of hydrogen-bond acceptors (Lipinski definition) is 5. The van der Waals surface area contributed by atoms with Gasteiger partial charge in [-0.15, -0.1) is 11.3 Å². The van der Waals surface area contributed by atoms with Gasteiger partial charge in [0.15, 0.2) is 0 Å². The van der Waals surface area contributed by atoms with Gasteiger partial charge < -0.3 is 10.2 Å². The summed E-state index contributed by atoms with van der Waals surface area (Å²) in [6, 6.07) is 53.9. The first-order valence-corrected chi connectivity index (χ1v) is 16.0. The van der Waals surface area contributed by atoms with Crippen LogP contribution in [-0.4, -0.2) is 4.98 Å². The Labute approximate surface area is 259 Å².